The van der Waals surface area contributed by atoms with Crippen LogP contribution in [0.1, 0.15) is 70.5 Å². The SMILES string of the molecule is CCCC1CCC(CNC2CC2)C(c2nccn2CC)C1. The van der Waals surface area contributed by atoms with Crippen LogP contribution >= 0.6 is 0 Å². The van der Waals surface area contributed by atoms with Crippen molar-refractivity contribution in [3.8, 4) is 0 Å². The van der Waals surface area contributed by atoms with Crippen molar-refractivity contribution in [1.82, 2.24) is 14.9 Å². The fourth-order valence-corrected chi connectivity index (χ4v) is 4.07. The molecule has 0 spiro atoms. The smallest absolute Gasteiger partial charge is 0.112 e. The van der Waals surface area contributed by atoms with Gasteiger partial charge in [0, 0.05) is 30.9 Å². The largest absolute Gasteiger partial charge is 0.335 e. The van der Waals surface area contributed by atoms with Crippen molar-refractivity contribution < 1.29 is 0 Å². The van der Waals surface area contributed by atoms with E-state index in [1.807, 2.05) is 6.20 Å². The molecule has 3 atom stereocenters. The van der Waals surface area contributed by atoms with E-state index < -0.39 is 0 Å². The molecule has 3 heteroatoms. The van der Waals surface area contributed by atoms with Gasteiger partial charge < -0.3 is 9.88 Å². The van der Waals surface area contributed by atoms with Crippen LogP contribution in [0.5, 0.6) is 0 Å². The molecule has 2 aliphatic carbocycles. The second-order valence-electron chi connectivity index (χ2n) is 7.09. The molecule has 3 nitrogen and oxygen atoms in total. The zero-order valence-electron chi connectivity index (χ0n) is 13.7. The number of hydrogen-bond acceptors (Lipinski definition) is 2. The zero-order valence-corrected chi connectivity index (χ0v) is 13.7. The van der Waals surface area contributed by atoms with Crippen LogP contribution in [0.15, 0.2) is 12.4 Å². The third-order valence-electron chi connectivity index (χ3n) is 5.47. The summed E-state index contributed by atoms with van der Waals surface area (Å²) in [6, 6.07) is 0.824. The van der Waals surface area contributed by atoms with Gasteiger partial charge in [-0.2, -0.15) is 0 Å². The maximum Gasteiger partial charge on any atom is 0.112 e. The summed E-state index contributed by atoms with van der Waals surface area (Å²) in [5, 5.41) is 3.77. The molecule has 2 aliphatic rings. The first-order valence-electron chi connectivity index (χ1n) is 9.06. The van der Waals surface area contributed by atoms with Crippen LogP contribution in [0.3, 0.4) is 0 Å². The lowest BCUT2D eigenvalue weighted by atomic mass is 9.72. The van der Waals surface area contributed by atoms with Gasteiger partial charge >= 0.3 is 0 Å². The van der Waals surface area contributed by atoms with Gasteiger partial charge in [-0.1, -0.05) is 26.2 Å². The minimum absolute atomic E-state index is 0.663. The molecule has 21 heavy (non-hydrogen) atoms. The van der Waals surface area contributed by atoms with Gasteiger partial charge in [-0.3, -0.25) is 0 Å². The molecule has 3 unspecified atom stereocenters. The molecule has 0 radical (unpaired) electrons. The number of imidazole rings is 1. The van der Waals surface area contributed by atoms with Crippen LogP contribution in [-0.2, 0) is 6.54 Å². The summed E-state index contributed by atoms with van der Waals surface area (Å²) in [7, 11) is 0. The Kier molecular flexibility index (Phi) is 4.99. The second kappa shape index (κ2) is 6.95. The van der Waals surface area contributed by atoms with E-state index in [9.17, 15) is 0 Å². The highest BCUT2D eigenvalue weighted by molar-refractivity contribution is 5.06. The van der Waals surface area contributed by atoms with Crippen LogP contribution in [0.2, 0.25) is 0 Å². The van der Waals surface area contributed by atoms with Gasteiger partial charge in [0.25, 0.3) is 0 Å². The van der Waals surface area contributed by atoms with Crippen molar-refractivity contribution in [2.24, 2.45) is 11.8 Å². The van der Waals surface area contributed by atoms with E-state index in [1.54, 1.807) is 0 Å². The Morgan fingerprint density at radius 1 is 1.24 bits per heavy atom. The molecule has 0 aliphatic heterocycles. The molecule has 2 fully saturated rings. The van der Waals surface area contributed by atoms with Gasteiger partial charge in [-0.05, 0) is 51.0 Å². The van der Waals surface area contributed by atoms with Crippen LogP contribution in [0, 0.1) is 11.8 Å². The van der Waals surface area contributed by atoms with Gasteiger partial charge in [0.1, 0.15) is 5.82 Å². The van der Waals surface area contributed by atoms with Gasteiger partial charge in [-0.25, -0.2) is 4.98 Å². The highest BCUT2D eigenvalue weighted by Gasteiger charge is 2.34. The van der Waals surface area contributed by atoms with Gasteiger partial charge in [0.2, 0.25) is 0 Å². The average Bonchev–Trinajstić information content (AvgIpc) is 3.21. The quantitative estimate of drug-likeness (QED) is 0.823. The first kappa shape index (κ1) is 15.1. The molecule has 1 N–H and O–H groups in total. The Balaban J connectivity index is 1.71. The molecule has 118 valence electrons. The Bertz CT molecular complexity index is 435. The number of aryl methyl sites for hydroxylation is 1. The Hall–Kier alpha value is -0.830. The molecule has 0 bridgehead atoms. The maximum atomic E-state index is 4.73. The summed E-state index contributed by atoms with van der Waals surface area (Å²) in [6.45, 7) is 6.80. The highest BCUT2D eigenvalue weighted by Crippen LogP contribution is 2.41. The Morgan fingerprint density at radius 2 is 2.10 bits per heavy atom. The molecule has 0 saturated heterocycles. The standard InChI is InChI=1S/C18H31N3/c1-3-5-14-6-7-15(13-20-16-8-9-16)17(12-14)18-19-10-11-21(18)4-2/h10-11,14-17,20H,3-9,12-13H2,1-2H3. The van der Waals surface area contributed by atoms with Gasteiger partial charge in [0.15, 0.2) is 0 Å². The number of rotatable bonds is 7. The van der Waals surface area contributed by atoms with Gasteiger partial charge in [0.05, 0.1) is 0 Å². The normalized spacial score (nSPS) is 29.7. The number of hydrogen-bond donors (Lipinski definition) is 1. The zero-order chi connectivity index (χ0) is 14.7. The molecule has 2 saturated carbocycles. The predicted molar refractivity (Wildman–Crippen MR) is 87.4 cm³/mol. The summed E-state index contributed by atoms with van der Waals surface area (Å²) in [6.07, 6.45) is 13.8. The summed E-state index contributed by atoms with van der Waals surface area (Å²) >= 11 is 0. The van der Waals surface area contributed by atoms with Crippen molar-refractivity contribution in [3.05, 3.63) is 18.2 Å². The van der Waals surface area contributed by atoms with E-state index in [2.05, 4.69) is 29.9 Å². The average molecular weight is 289 g/mol. The second-order valence-corrected chi connectivity index (χ2v) is 7.09. The van der Waals surface area contributed by atoms with Crippen LogP contribution in [-0.4, -0.2) is 22.1 Å². The van der Waals surface area contributed by atoms with Crippen molar-refractivity contribution in [2.75, 3.05) is 6.54 Å². The lowest BCUT2D eigenvalue weighted by molar-refractivity contribution is 0.210. The number of nitrogens with one attached hydrogen (secondary N) is 1. The van der Waals surface area contributed by atoms with Crippen molar-refractivity contribution in [2.45, 2.75) is 77.3 Å². The number of aromatic nitrogens is 2. The molecule has 1 aromatic heterocycles. The van der Waals surface area contributed by atoms with E-state index in [0.29, 0.717) is 5.92 Å². The van der Waals surface area contributed by atoms with Crippen molar-refractivity contribution in [3.63, 3.8) is 0 Å². The highest BCUT2D eigenvalue weighted by atomic mass is 15.1. The van der Waals surface area contributed by atoms with Crippen molar-refractivity contribution >= 4 is 0 Å². The molecule has 0 aromatic carbocycles. The lowest BCUT2D eigenvalue weighted by Crippen LogP contribution is -2.34. The molecule has 1 aromatic rings. The summed E-state index contributed by atoms with van der Waals surface area (Å²) in [4.78, 5) is 4.73. The van der Waals surface area contributed by atoms with E-state index in [1.165, 1.54) is 57.3 Å². The third-order valence-corrected chi connectivity index (χ3v) is 5.47. The van der Waals surface area contributed by atoms with Gasteiger partial charge in [-0.15, -0.1) is 0 Å². The first-order chi connectivity index (χ1) is 10.3. The predicted octanol–water partition coefficient (Wildman–Crippen LogP) is 3.96. The summed E-state index contributed by atoms with van der Waals surface area (Å²) in [5.74, 6) is 3.71. The summed E-state index contributed by atoms with van der Waals surface area (Å²) in [5.41, 5.74) is 0. The fraction of sp³-hybridized carbons (Fsp3) is 0.833. The van der Waals surface area contributed by atoms with Crippen LogP contribution < -0.4 is 5.32 Å². The molecule has 3 rings (SSSR count). The topological polar surface area (TPSA) is 29.9 Å². The first-order valence-corrected chi connectivity index (χ1v) is 9.06. The molecular formula is C18H31N3. The maximum absolute atomic E-state index is 4.73. The molecule has 1 heterocycles. The molecular weight excluding hydrogens is 258 g/mol. The minimum atomic E-state index is 0.663. The van der Waals surface area contributed by atoms with E-state index >= 15 is 0 Å². The van der Waals surface area contributed by atoms with Crippen LogP contribution in [0.4, 0.5) is 0 Å². The molecule has 0 amide bonds. The Morgan fingerprint density at radius 3 is 2.81 bits per heavy atom. The van der Waals surface area contributed by atoms with E-state index in [-0.39, 0.29) is 0 Å². The number of nitrogens with zero attached hydrogens (tertiary/aromatic N) is 2. The van der Waals surface area contributed by atoms with E-state index in [0.717, 1.165) is 24.4 Å². The van der Waals surface area contributed by atoms with E-state index in [4.69, 9.17) is 4.98 Å². The fourth-order valence-electron chi connectivity index (χ4n) is 4.07. The van der Waals surface area contributed by atoms with Crippen LogP contribution in [0.25, 0.3) is 0 Å². The summed E-state index contributed by atoms with van der Waals surface area (Å²) < 4.78 is 2.36. The lowest BCUT2D eigenvalue weighted by Gasteiger charge is -2.36. The third kappa shape index (κ3) is 3.68. The Labute approximate surface area is 129 Å². The monoisotopic (exact) mass is 289 g/mol. The minimum Gasteiger partial charge on any atom is -0.335 e. The van der Waals surface area contributed by atoms with Crippen molar-refractivity contribution in [1.29, 1.82) is 0 Å².